The maximum Gasteiger partial charge on any atom is 0.0876 e. The molecule has 2 aromatic rings. The standard InChI is InChI=1S/C14H16NOP/c1-17(2,16)11-14-9-8-13(10-15-14)12-6-4-3-5-7-12/h3-10H,11H2,1-2H3. The highest BCUT2D eigenvalue weighted by Gasteiger charge is 2.09. The summed E-state index contributed by atoms with van der Waals surface area (Å²) in [4.78, 5) is 4.37. The van der Waals surface area contributed by atoms with Gasteiger partial charge in [0.15, 0.2) is 0 Å². The van der Waals surface area contributed by atoms with E-state index in [4.69, 9.17) is 0 Å². The third-order valence-corrected chi connectivity index (χ3v) is 3.56. The number of pyridine rings is 1. The minimum atomic E-state index is -2.04. The van der Waals surface area contributed by atoms with Crippen molar-refractivity contribution >= 4 is 7.14 Å². The molecule has 1 aromatic carbocycles. The minimum Gasteiger partial charge on any atom is -0.324 e. The van der Waals surface area contributed by atoms with Crippen LogP contribution in [0.15, 0.2) is 48.7 Å². The Balaban J connectivity index is 2.22. The van der Waals surface area contributed by atoms with E-state index in [1.54, 1.807) is 13.3 Å². The first-order chi connectivity index (χ1) is 8.04. The highest BCUT2D eigenvalue weighted by Crippen LogP contribution is 2.39. The van der Waals surface area contributed by atoms with Gasteiger partial charge < -0.3 is 4.57 Å². The highest BCUT2D eigenvalue weighted by atomic mass is 31.2. The van der Waals surface area contributed by atoms with E-state index >= 15 is 0 Å². The first-order valence-electron chi connectivity index (χ1n) is 5.59. The quantitative estimate of drug-likeness (QED) is 0.768. The Morgan fingerprint density at radius 2 is 1.71 bits per heavy atom. The van der Waals surface area contributed by atoms with Gasteiger partial charge >= 0.3 is 0 Å². The first-order valence-corrected chi connectivity index (χ1v) is 8.38. The minimum absolute atomic E-state index is 0.571. The summed E-state index contributed by atoms with van der Waals surface area (Å²) in [6, 6.07) is 14.1. The van der Waals surface area contributed by atoms with Crippen molar-refractivity contribution in [3.05, 3.63) is 54.4 Å². The third kappa shape index (κ3) is 3.54. The van der Waals surface area contributed by atoms with E-state index in [2.05, 4.69) is 17.1 Å². The predicted octanol–water partition coefficient (Wildman–Crippen LogP) is 3.87. The topological polar surface area (TPSA) is 30.0 Å². The van der Waals surface area contributed by atoms with Crippen LogP contribution < -0.4 is 0 Å². The van der Waals surface area contributed by atoms with Gasteiger partial charge in [0, 0.05) is 23.6 Å². The lowest BCUT2D eigenvalue weighted by atomic mass is 10.1. The third-order valence-electron chi connectivity index (χ3n) is 2.47. The number of hydrogen-bond acceptors (Lipinski definition) is 2. The van der Waals surface area contributed by atoms with Crippen LogP contribution >= 0.6 is 7.14 Å². The zero-order valence-corrected chi connectivity index (χ0v) is 11.0. The summed E-state index contributed by atoms with van der Waals surface area (Å²) in [5, 5.41) is 0. The van der Waals surface area contributed by atoms with Crippen LogP contribution in [0.25, 0.3) is 11.1 Å². The molecule has 1 heterocycles. The maximum absolute atomic E-state index is 11.7. The van der Waals surface area contributed by atoms with Gasteiger partial charge in [-0.15, -0.1) is 0 Å². The number of aromatic nitrogens is 1. The molecule has 17 heavy (non-hydrogen) atoms. The average molecular weight is 245 g/mol. The average Bonchev–Trinajstić information content (AvgIpc) is 2.29. The molecule has 0 saturated heterocycles. The molecule has 1 aromatic heterocycles. The van der Waals surface area contributed by atoms with Gasteiger partial charge in [0.2, 0.25) is 0 Å². The molecule has 0 aliphatic heterocycles. The SMILES string of the molecule is CP(C)(=O)Cc1ccc(-c2ccccc2)cn1. The summed E-state index contributed by atoms with van der Waals surface area (Å²) in [5.41, 5.74) is 3.15. The smallest absolute Gasteiger partial charge is 0.0876 e. The van der Waals surface area contributed by atoms with E-state index in [1.165, 1.54) is 0 Å². The molecule has 0 aliphatic rings. The van der Waals surface area contributed by atoms with Gasteiger partial charge in [-0.3, -0.25) is 4.98 Å². The summed E-state index contributed by atoms with van der Waals surface area (Å²) in [5.74, 6) is 0. The second-order valence-electron chi connectivity index (χ2n) is 4.64. The molecular formula is C14H16NOP. The van der Waals surface area contributed by atoms with Gasteiger partial charge in [0.1, 0.15) is 0 Å². The Morgan fingerprint density at radius 3 is 2.24 bits per heavy atom. The van der Waals surface area contributed by atoms with E-state index < -0.39 is 7.14 Å². The molecule has 0 aliphatic carbocycles. The van der Waals surface area contributed by atoms with E-state index in [0.717, 1.165) is 16.8 Å². The van der Waals surface area contributed by atoms with Crippen LogP contribution in [-0.4, -0.2) is 18.3 Å². The molecule has 0 N–H and O–H groups in total. The van der Waals surface area contributed by atoms with Crippen LogP contribution in [0.4, 0.5) is 0 Å². The van der Waals surface area contributed by atoms with Crippen molar-refractivity contribution in [1.29, 1.82) is 0 Å². The molecule has 0 fully saturated rings. The number of nitrogens with zero attached hydrogens (tertiary/aromatic N) is 1. The van der Waals surface area contributed by atoms with Crippen LogP contribution in [0.3, 0.4) is 0 Å². The number of rotatable bonds is 3. The molecular weight excluding hydrogens is 229 g/mol. The maximum atomic E-state index is 11.7. The normalized spacial score (nSPS) is 11.4. The van der Waals surface area contributed by atoms with Crippen molar-refractivity contribution in [2.75, 3.05) is 13.3 Å². The summed E-state index contributed by atoms with van der Waals surface area (Å²) in [7, 11) is -2.04. The van der Waals surface area contributed by atoms with Crippen LogP contribution in [0, 0.1) is 0 Å². The van der Waals surface area contributed by atoms with Crippen molar-refractivity contribution < 1.29 is 4.57 Å². The summed E-state index contributed by atoms with van der Waals surface area (Å²) < 4.78 is 11.7. The lowest BCUT2D eigenvalue weighted by Gasteiger charge is -2.06. The predicted molar refractivity (Wildman–Crippen MR) is 72.8 cm³/mol. The van der Waals surface area contributed by atoms with Crippen molar-refractivity contribution in [1.82, 2.24) is 4.98 Å². The second kappa shape index (κ2) is 4.85. The molecule has 0 unspecified atom stereocenters. The molecule has 0 radical (unpaired) electrons. The Hall–Kier alpha value is -1.40. The van der Waals surface area contributed by atoms with Gasteiger partial charge in [-0.25, -0.2) is 0 Å². The van der Waals surface area contributed by atoms with Crippen molar-refractivity contribution in [2.24, 2.45) is 0 Å². The first kappa shape index (κ1) is 12.1. The van der Waals surface area contributed by atoms with E-state index in [9.17, 15) is 4.57 Å². The lowest BCUT2D eigenvalue weighted by Crippen LogP contribution is -1.90. The van der Waals surface area contributed by atoms with Crippen LogP contribution in [0.2, 0.25) is 0 Å². The fourth-order valence-electron chi connectivity index (χ4n) is 1.71. The summed E-state index contributed by atoms with van der Waals surface area (Å²) in [6.45, 7) is 3.58. The van der Waals surface area contributed by atoms with E-state index in [1.807, 2.05) is 36.5 Å². The zero-order valence-electron chi connectivity index (χ0n) is 10.1. The molecule has 0 bridgehead atoms. The van der Waals surface area contributed by atoms with Gasteiger partial charge in [-0.1, -0.05) is 36.4 Å². The number of benzene rings is 1. The van der Waals surface area contributed by atoms with Gasteiger partial charge in [0.05, 0.1) is 7.14 Å². The van der Waals surface area contributed by atoms with Gasteiger partial charge in [-0.05, 0) is 25.0 Å². The monoisotopic (exact) mass is 245 g/mol. The Morgan fingerprint density at radius 1 is 1.00 bits per heavy atom. The Kier molecular flexibility index (Phi) is 3.44. The van der Waals surface area contributed by atoms with Crippen molar-refractivity contribution in [3.63, 3.8) is 0 Å². The molecule has 0 spiro atoms. The van der Waals surface area contributed by atoms with Crippen LogP contribution in [0.5, 0.6) is 0 Å². The summed E-state index contributed by atoms with van der Waals surface area (Å²) in [6.07, 6.45) is 2.42. The van der Waals surface area contributed by atoms with Crippen LogP contribution in [0.1, 0.15) is 5.69 Å². The molecule has 2 nitrogen and oxygen atoms in total. The second-order valence-corrected chi connectivity index (χ2v) is 8.10. The molecule has 0 amide bonds. The van der Waals surface area contributed by atoms with Gasteiger partial charge in [0.25, 0.3) is 0 Å². The van der Waals surface area contributed by atoms with Crippen molar-refractivity contribution in [2.45, 2.75) is 6.16 Å². The molecule has 2 rings (SSSR count). The largest absolute Gasteiger partial charge is 0.324 e. The zero-order chi connectivity index (χ0) is 12.3. The molecule has 0 atom stereocenters. The Labute approximate surface area is 102 Å². The van der Waals surface area contributed by atoms with Crippen molar-refractivity contribution in [3.8, 4) is 11.1 Å². The highest BCUT2D eigenvalue weighted by molar-refractivity contribution is 7.61. The fourth-order valence-corrected chi connectivity index (χ4v) is 2.68. The van der Waals surface area contributed by atoms with Gasteiger partial charge in [-0.2, -0.15) is 0 Å². The molecule has 3 heteroatoms. The summed E-state index contributed by atoms with van der Waals surface area (Å²) >= 11 is 0. The number of hydrogen-bond donors (Lipinski definition) is 0. The van der Waals surface area contributed by atoms with E-state index in [0.29, 0.717) is 6.16 Å². The molecule has 88 valence electrons. The van der Waals surface area contributed by atoms with Crippen LogP contribution in [-0.2, 0) is 10.7 Å². The lowest BCUT2D eigenvalue weighted by molar-refractivity contribution is 0.581. The van der Waals surface area contributed by atoms with E-state index in [-0.39, 0.29) is 0 Å². The fraction of sp³-hybridized carbons (Fsp3) is 0.214. The molecule has 0 saturated carbocycles. The Bertz CT molecular complexity index is 528.